The molecule has 0 aromatic heterocycles. The minimum absolute atomic E-state index is 0.336. The van der Waals surface area contributed by atoms with Crippen LogP contribution in [-0.2, 0) is 19.2 Å². The molecule has 9 heteroatoms. The maximum Gasteiger partial charge on any atom is 0.240 e. The third-order valence-corrected chi connectivity index (χ3v) is 11.3. The summed E-state index contributed by atoms with van der Waals surface area (Å²) in [4.78, 5) is 63.5. The lowest BCUT2D eigenvalue weighted by Crippen LogP contribution is -2.68. The van der Waals surface area contributed by atoms with Gasteiger partial charge in [0.05, 0.1) is 40.6 Å². The van der Waals surface area contributed by atoms with E-state index in [4.69, 9.17) is 0 Å². The van der Waals surface area contributed by atoms with E-state index in [1.165, 1.54) is 9.80 Å². The predicted octanol–water partition coefficient (Wildman–Crippen LogP) is 6.74. The van der Waals surface area contributed by atoms with E-state index in [2.05, 4.69) is 36.8 Å². The maximum absolute atomic E-state index is 14.9. The summed E-state index contributed by atoms with van der Waals surface area (Å²) in [5, 5.41) is 0. The van der Waals surface area contributed by atoms with Gasteiger partial charge in [-0.25, -0.2) is 9.80 Å². The topological polar surface area (TPSA) is 78.0 Å². The number of hydrogen-bond donors (Lipinski definition) is 0. The summed E-state index contributed by atoms with van der Waals surface area (Å²) in [7, 11) is 0. The highest BCUT2D eigenvalue weighted by molar-refractivity contribution is 9.10. The molecule has 2 bridgehead atoms. The number of imide groups is 2. The van der Waals surface area contributed by atoms with Crippen LogP contribution < -0.4 is 14.7 Å². The van der Waals surface area contributed by atoms with E-state index in [0.717, 1.165) is 31.5 Å². The molecular formula is C36H23Br2N3O4. The second-order valence-corrected chi connectivity index (χ2v) is 14.0. The van der Waals surface area contributed by atoms with Crippen molar-refractivity contribution < 1.29 is 19.2 Å². The number of halogens is 2. The SMILES string of the molecule is O=C1[C@@H]2C3C=C4c5ccccc5N(c5ccccc5)C4([C@@H]2C(=O)N1c1ccc(Br)cc1)[C@H]1C(=O)N(c2ccc(Br)cc2)C(=O)[C@@H]31. The molecule has 0 N–H and O–H groups in total. The van der Waals surface area contributed by atoms with Crippen LogP contribution in [0.1, 0.15) is 5.56 Å². The molecule has 3 fully saturated rings. The highest BCUT2D eigenvalue weighted by atomic mass is 79.9. The minimum Gasteiger partial charge on any atom is -0.329 e. The number of hydrogen-bond acceptors (Lipinski definition) is 5. The second-order valence-electron chi connectivity index (χ2n) is 12.2. The van der Waals surface area contributed by atoms with Crippen molar-refractivity contribution >= 4 is 83.8 Å². The number of rotatable bonds is 3. The zero-order chi connectivity index (χ0) is 30.8. The Morgan fingerprint density at radius 2 is 1.02 bits per heavy atom. The molecule has 3 aliphatic carbocycles. The fraction of sp³-hybridized carbons (Fsp3) is 0.167. The number of benzene rings is 4. The van der Waals surface area contributed by atoms with Crippen LogP contribution >= 0.6 is 31.9 Å². The molecule has 6 aliphatic rings. The summed E-state index contributed by atoms with van der Waals surface area (Å²) in [5.74, 6) is -5.41. The highest BCUT2D eigenvalue weighted by Crippen LogP contribution is 2.71. The Morgan fingerprint density at radius 3 is 1.56 bits per heavy atom. The molecule has 6 atom stereocenters. The van der Waals surface area contributed by atoms with Gasteiger partial charge in [0.1, 0.15) is 0 Å². The van der Waals surface area contributed by atoms with Crippen LogP contribution in [0.15, 0.2) is 118 Å². The monoisotopic (exact) mass is 719 g/mol. The first-order valence-electron chi connectivity index (χ1n) is 14.8. The third kappa shape index (κ3) is 3.29. The normalized spacial score (nSPS) is 29.2. The molecule has 220 valence electrons. The Labute approximate surface area is 275 Å². The van der Waals surface area contributed by atoms with Gasteiger partial charge in [0, 0.05) is 31.8 Å². The molecule has 10 rings (SSSR count). The Kier molecular flexibility index (Phi) is 5.61. The number of para-hydroxylation sites is 2. The molecule has 4 aromatic carbocycles. The van der Waals surface area contributed by atoms with E-state index in [-0.39, 0.29) is 23.6 Å². The van der Waals surface area contributed by atoms with Crippen molar-refractivity contribution in [1.29, 1.82) is 0 Å². The van der Waals surface area contributed by atoms with Crippen LogP contribution in [0.5, 0.6) is 0 Å². The highest BCUT2D eigenvalue weighted by Gasteiger charge is 2.80. The van der Waals surface area contributed by atoms with Crippen molar-refractivity contribution in [3.8, 4) is 0 Å². The molecule has 1 spiro atoms. The number of allylic oxidation sites excluding steroid dienone is 1. The number of fused-ring (bicyclic) bond motifs is 1. The molecule has 3 aliphatic heterocycles. The van der Waals surface area contributed by atoms with E-state index >= 15 is 0 Å². The lowest BCUT2D eigenvalue weighted by Gasteiger charge is -2.57. The predicted molar refractivity (Wildman–Crippen MR) is 176 cm³/mol. The molecule has 4 aromatic rings. The number of carbonyl (C=O) groups excluding carboxylic acids is 4. The van der Waals surface area contributed by atoms with E-state index in [1.807, 2.05) is 60.7 Å². The van der Waals surface area contributed by atoms with Crippen LogP contribution in [0.2, 0.25) is 0 Å². The first-order chi connectivity index (χ1) is 21.8. The molecule has 7 nitrogen and oxygen atoms in total. The van der Waals surface area contributed by atoms with Crippen LogP contribution in [-0.4, -0.2) is 29.2 Å². The third-order valence-electron chi connectivity index (χ3n) is 10.3. The average Bonchev–Trinajstić information content (AvgIpc) is 3.62. The molecule has 3 heterocycles. The van der Waals surface area contributed by atoms with Gasteiger partial charge in [-0.3, -0.25) is 19.2 Å². The molecule has 45 heavy (non-hydrogen) atoms. The van der Waals surface area contributed by atoms with Crippen molar-refractivity contribution in [2.75, 3.05) is 14.7 Å². The van der Waals surface area contributed by atoms with E-state index < -0.39 is 35.1 Å². The zero-order valence-electron chi connectivity index (χ0n) is 23.5. The summed E-state index contributed by atoms with van der Waals surface area (Å²) in [6.45, 7) is 0. The maximum atomic E-state index is 14.9. The Balaban J connectivity index is 1.32. The Bertz CT molecular complexity index is 1920. The Hall–Kier alpha value is -4.34. The van der Waals surface area contributed by atoms with Gasteiger partial charge in [-0.2, -0.15) is 0 Å². The second kappa shape index (κ2) is 9.34. The summed E-state index contributed by atoms with van der Waals surface area (Å²) in [5.41, 5.74) is 3.03. The van der Waals surface area contributed by atoms with Crippen LogP contribution in [0.4, 0.5) is 22.7 Å². The van der Waals surface area contributed by atoms with Gasteiger partial charge in [0.15, 0.2) is 0 Å². The van der Waals surface area contributed by atoms with E-state index in [9.17, 15) is 19.2 Å². The number of nitrogens with zero attached hydrogens (tertiary/aromatic N) is 3. The number of amides is 4. The van der Waals surface area contributed by atoms with Crippen molar-refractivity contribution in [3.63, 3.8) is 0 Å². The van der Waals surface area contributed by atoms with E-state index in [0.29, 0.717) is 11.4 Å². The van der Waals surface area contributed by atoms with Gasteiger partial charge in [0.25, 0.3) is 0 Å². The summed E-state index contributed by atoms with van der Waals surface area (Å²) < 4.78 is 1.65. The summed E-state index contributed by atoms with van der Waals surface area (Å²) >= 11 is 6.90. The van der Waals surface area contributed by atoms with Crippen molar-refractivity contribution in [3.05, 3.63) is 124 Å². The van der Waals surface area contributed by atoms with E-state index in [1.54, 1.807) is 48.5 Å². The fourth-order valence-corrected chi connectivity index (χ4v) is 9.32. The lowest BCUT2D eigenvalue weighted by molar-refractivity contribution is -0.138. The molecule has 2 saturated heterocycles. The summed E-state index contributed by atoms with van der Waals surface area (Å²) in [6.07, 6.45) is 2.04. The molecular weight excluding hydrogens is 698 g/mol. The van der Waals surface area contributed by atoms with Crippen LogP contribution in [0.3, 0.4) is 0 Å². The average molecular weight is 721 g/mol. The van der Waals surface area contributed by atoms with Gasteiger partial charge in [-0.1, -0.05) is 74.3 Å². The van der Waals surface area contributed by atoms with Gasteiger partial charge in [-0.05, 0) is 72.3 Å². The Morgan fingerprint density at radius 1 is 0.533 bits per heavy atom. The molecule has 0 radical (unpaired) electrons. The molecule has 2 unspecified atom stereocenters. The minimum atomic E-state index is -1.30. The van der Waals surface area contributed by atoms with Crippen LogP contribution in [0.25, 0.3) is 5.57 Å². The zero-order valence-corrected chi connectivity index (χ0v) is 26.7. The fourth-order valence-electron chi connectivity index (χ4n) is 8.79. The van der Waals surface area contributed by atoms with Crippen molar-refractivity contribution in [1.82, 2.24) is 0 Å². The van der Waals surface area contributed by atoms with Crippen molar-refractivity contribution in [2.45, 2.75) is 5.54 Å². The molecule has 1 saturated carbocycles. The molecule has 4 amide bonds. The first kappa shape index (κ1) is 27.0. The van der Waals surface area contributed by atoms with Gasteiger partial charge >= 0.3 is 0 Å². The van der Waals surface area contributed by atoms with Gasteiger partial charge in [-0.15, -0.1) is 0 Å². The van der Waals surface area contributed by atoms with Crippen LogP contribution in [0, 0.1) is 29.6 Å². The number of carbonyl (C=O) groups is 4. The van der Waals surface area contributed by atoms with Gasteiger partial charge < -0.3 is 4.90 Å². The summed E-state index contributed by atoms with van der Waals surface area (Å²) in [6, 6.07) is 31.8. The lowest BCUT2D eigenvalue weighted by atomic mass is 9.47. The quantitative estimate of drug-likeness (QED) is 0.219. The standard InChI is InChI=1S/C36H23Br2N3O4/c37-19-10-14-21(15-11-19)39-32(42)28-25-18-26-24-8-4-5-9-27(24)41(23-6-2-1-3-7-23)36(26,30(28)34(39)44)31-29(25)33(43)40(35(31)45)22-16-12-20(38)13-17-22/h1-18,25,28-31H/t25?,28-,29+,30+,31-,36?. The smallest absolute Gasteiger partial charge is 0.240 e. The largest absolute Gasteiger partial charge is 0.329 e. The first-order valence-corrected chi connectivity index (χ1v) is 16.4. The number of anilines is 4. The van der Waals surface area contributed by atoms with Crippen molar-refractivity contribution in [2.24, 2.45) is 29.6 Å². The van der Waals surface area contributed by atoms with Gasteiger partial charge in [0.2, 0.25) is 23.6 Å².